The number of aryl methyl sites for hydroxylation is 3. The van der Waals surface area contributed by atoms with Crippen LogP contribution in [0.25, 0.3) is 0 Å². The fourth-order valence-electron chi connectivity index (χ4n) is 1.76. The van der Waals surface area contributed by atoms with Crippen LogP contribution in [-0.2, 0) is 16.4 Å². The van der Waals surface area contributed by atoms with Crippen molar-refractivity contribution in [2.75, 3.05) is 6.54 Å². The topological polar surface area (TPSA) is 136 Å². The van der Waals surface area contributed by atoms with Crippen molar-refractivity contribution in [3.05, 3.63) is 29.1 Å². The van der Waals surface area contributed by atoms with Gasteiger partial charge in [0.05, 0.1) is 0 Å². The van der Waals surface area contributed by atoms with Crippen LogP contribution in [0, 0.1) is 13.8 Å². The molecule has 9 nitrogen and oxygen atoms in total. The molecule has 0 saturated carbocycles. The molecule has 2 aromatic heterocycles. The Labute approximate surface area is 126 Å². The van der Waals surface area contributed by atoms with Gasteiger partial charge in [0.1, 0.15) is 0 Å². The van der Waals surface area contributed by atoms with Crippen molar-refractivity contribution in [3.8, 4) is 0 Å². The van der Waals surface area contributed by atoms with E-state index in [1.165, 1.54) is 13.0 Å². The maximum atomic E-state index is 12.0. The highest BCUT2D eigenvalue weighted by molar-refractivity contribution is 7.89. The number of carboxylic acid groups (broad SMARTS) is 1. The third-order valence-corrected chi connectivity index (χ3v) is 4.10. The van der Waals surface area contributed by atoms with Crippen LogP contribution in [-0.4, -0.2) is 36.2 Å². The van der Waals surface area contributed by atoms with Gasteiger partial charge in [-0.05, 0) is 20.3 Å². The van der Waals surface area contributed by atoms with E-state index in [0.717, 1.165) is 0 Å². The molecule has 0 saturated heterocycles. The molecule has 2 N–H and O–H groups in total. The first kappa shape index (κ1) is 16.2. The highest BCUT2D eigenvalue weighted by Crippen LogP contribution is 2.18. The molecule has 2 rings (SSSR count). The summed E-state index contributed by atoms with van der Waals surface area (Å²) in [6, 6.07) is 1.17. The zero-order chi connectivity index (χ0) is 16.3. The third-order valence-electron chi connectivity index (χ3n) is 2.78. The number of sulfonamides is 1. The van der Waals surface area contributed by atoms with Gasteiger partial charge in [-0.1, -0.05) is 5.16 Å². The van der Waals surface area contributed by atoms with Crippen molar-refractivity contribution >= 4 is 16.0 Å². The number of carbonyl (C=O) groups is 1. The quantitative estimate of drug-likeness (QED) is 0.715. The number of nitrogens with one attached hydrogen (secondary N) is 1. The van der Waals surface area contributed by atoms with E-state index in [1.807, 2.05) is 0 Å². The lowest BCUT2D eigenvalue weighted by atomic mass is 10.3. The van der Waals surface area contributed by atoms with E-state index >= 15 is 0 Å². The van der Waals surface area contributed by atoms with Gasteiger partial charge in [-0.2, -0.15) is 4.98 Å². The first-order valence-corrected chi connectivity index (χ1v) is 7.90. The van der Waals surface area contributed by atoms with E-state index < -0.39 is 21.1 Å². The predicted octanol–water partition coefficient (Wildman–Crippen LogP) is 0.889. The van der Waals surface area contributed by atoms with Crippen LogP contribution in [0.5, 0.6) is 0 Å². The van der Waals surface area contributed by atoms with Crippen LogP contribution in [0.15, 0.2) is 20.1 Å². The minimum Gasteiger partial charge on any atom is -0.475 e. The van der Waals surface area contributed by atoms with Gasteiger partial charge in [0, 0.05) is 24.6 Å². The number of aromatic carboxylic acids is 1. The Morgan fingerprint density at radius 3 is 2.68 bits per heavy atom. The molecular weight excluding hydrogens is 314 g/mol. The van der Waals surface area contributed by atoms with Gasteiger partial charge in [0.25, 0.3) is 10.0 Å². The molecule has 0 radical (unpaired) electrons. The molecule has 0 bridgehead atoms. The normalized spacial score (nSPS) is 11.7. The second kappa shape index (κ2) is 6.28. The average Bonchev–Trinajstić information content (AvgIpc) is 3.01. The molecule has 10 heteroatoms. The monoisotopic (exact) mass is 329 g/mol. The summed E-state index contributed by atoms with van der Waals surface area (Å²) in [7, 11) is -3.89. The standard InChI is InChI=1S/C12H15N3O6S/c1-7-6-10(20-11(7)12(16)17)22(18,19)13-5-3-4-9-14-8(2)15-21-9/h6,13H,3-5H2,1-2H3,(H,16,17). The maximum absolute atomic E-state index is 12.0. The molecule has 0 aliphatic heterocycles. The number of nitrogens with zero attached hydrogens (tertiary/aromatic N) is 2. The summed E-state index contributed by atoms with van der Waals surface area (Å²) in [5.41, 5.74) is 0.245. The third kappa shape index (κ3) is 3.71. The Morgan fingerprint density at radius 1 is 1.41 bits per heavy atom. The van der Waals surface area contributed by atoms with Crippen molar-refractivity contribution in [3.63, 3.8) is 0 Å². The van der Waals surface area contributed by atoms with Crippen LogP contribution in [0.4, 0.5) is 0 Å². The van der Waals surface area contributed by atoms with Gasteiger partial charge in [-0.25, -0.2) is 17.9 Å². The van der Waals surface area contributed by atoms with Crippen molar-refractivity contribution in [2.24, 2.45) is 0 Å². The number of furan rings is 1. The summed E-state index contributed by atoms with van der Waals surface area (Å²) in [4.78, 5) is 14.8. The summed E-state index contributed by atoms with van der Waals surface area (Å²) in [5.74, 6) is -0.756. The fourth-order valence-corrected chi connectivity index (χ4v) is 2.84. The first-order valence-electron chi connectivity index (χ1n) is 6.42. The number of hydrogen-bond donors (Lipinski definition) is 2. The molecule has 2 aromatic rings. The largest absolute Gasteiger partial charge is 0.475 e. The number of hydrogen-bond acceptors (Lipinski definition) is 7. The van der Waals surface area contributed by atoms with Crippen LogP contribution >= 0.6 is 0 Å². The van der Waals surface area contributed by atoms with E-state index in [9.17, 15) is 13.2 Å². The highest BCUT2D eigenvalue weighted by atomic mass is 32.2. The van der Waals surface area contributed by atoms with Gasteiger partial charge < -0.3 is 14.0 Å². The second-order valence-electron chi connectivity index (χ2n) is 4.62. The van der Waals surface area contributed by atoms with Gasteiger partial charge in [-0.3, -0.25) is 0 Å². The van der Waals surface area contributed by atoms with E-state index in [0.29, 0.717) is 24.6 Å². The molecule has 0 aliphatic rings. The molecule has 0 fully saturated rings. The van der Waals surface area contributed by atoms with E-state index in [4.69, 9.17) is 14.0 Å². The van der Waals surface area contributed by atoms with Gasteiger partial charge in [0.15, 0.2) is 5.82 Å². The minimum absolute atomic E-state index is 0.131. The summed E-state index contributed by atoms with van der Waals surface area (Å²) in [5, 5.41) is 12.1. The second-order valence-corrected chi connectivity index (χ2v) is 6.32. The first-order chi connectivity index (χ1) is 10.3. The van der Waals surface area contributed by atoms with Crippen molar-refractivity contribution < 1.29 is 27.3 Å². The predicted molar refractivity (Wildman–Crippen MR) is 72.9 cm³/mol. The number of aromatic nitrogens is 2. The summed E-state index contributed by atoms with van der Waals surface area (Å²) in [6.07, 6.45) is 0.882. The zero-order valence-electron chi connectivity index (χ0n) is 12.0. The molecule has 2 heterocycles. The van der Waals surface area contributed by atoms with Gasteiger partial charge in [-0.15, -0.1) is 0 Å². The smallest absolute Gasteiger partial charge is 0.372 e. The molecule has 22 heavy (non-hydrogen) atoms. The van der Waals surface area contributed by atoms with Gasteiger partial charge >= 0.3 is 5.97 Å². The van der Waals surface area contributed by atoms with Crippen LogP contribution < -0.4 is 4.72 Å². The zero-order valence-corrected chi connectivity index (χ0v) is 12.8. The fraction of sp³-hybridized carbons (Fsp3) is 0.417. The summed E-state index contributed by atoms with van der Waals surface area (Å²) in [6.45, 7) is 3.28. The van der Waals surface area contributed by atoms with Crippen LogP contribution in [0.2, 0.25) is 0 Å². The molecule has 120 valence electrons. The summed E-state index contributed by atoms with van der Waals surface area (Å²) < 4.78 is 36.1. The SMILES string of the molecule is Cc1noc(CCCNS(=O)(=O)c2cc(C)c(C(=O)O)o2)n1. The highest BCUT2D eigenvalue weighted by Gasteiger charge is 2.23. The van der Waals surface area contributed by atoms with Gasteiger partial charge in [0.2, 0.25) is 16.7 Å². The molecule has 0 spiro atoms. The Bertz CT molecular complexity index is 777. The Morgan fingerprint density at radius 2 is 2.14 bits per heavy atom. The number of rotatable bonds is 7. The molecule has 0 amide bonds. The van der Waals surface area contributed by atoms with Crippen molar-refractivity contribution in [1.29, 1.82) is 0 Å². The van der Waals surface area contributed by atoms with Crippen LogP contribution in [0.1, 0.15) is 34.3 Å². The maximum Gasteiger partial charge on any atom is 0.372 e. The Balaban J connectivity index is 1.93. The number of carboxylic acids is 1. The molecule has 0 atom stereocenters. The lowest BCUT2D eigenvalue weighted by molar-refractivity contribution is 0.0655. The summed E-state index contributed by atoms with van der Waals surface area (Å²) >= 11 is 0. The Hall–Kier alpha value is -2.20. The molecule has 0 unspecified atom stereocenters. The molecule has 0 aliphatic carbocycles. The lowest BCUT2D eigenvalue weighted by Crippen LogP contribution is -2.24. The minimum atomic E-state index is -3.89. The van der Waals surface area contributed by atoms with E-state index in [-0.39, 0.29) is 17.9 Å². The lowest BCUT2D eigenvalue weighted by Gasteiger charge is -2.02. The van der Waals surface area contributed by atoms with Crippen molar-refractivity contribution in [2.45, 2.75) is 31.8 Å². The molecule has 0 aromatic carbocycles. The Kier molecular flexibility index (Phi) is 4.62. The van der Waals surface area contributed by atoms with Crippen LogP contribution in [0.3, 0.4) is 0 Å². The van der Waals surface area contributed by atoms with E-state index in [1.54, 1.807) is 6.92 Å². The average molecular weight is 329 g/mol. The van der Waals surface area contributed by atoms with E-state index in [2.05, 4.69) is 14.9 Å². The molecular formula is C12H15N3O6S. The van der Waals surface area contributed by atoms with Crippen molar-refractivity contribution in [1.82, 2.24) is 14.9 Å².